The second-order valence-corrected chi connectivity index (χ2v) is 3.47. The summed E-state index contributed by atoms with van der Waals surface area (Å²) in [7, 11) is 0. The lowest BCUT2D eigenvalue weighted by Crippen LogP contribution is -2.25. The van der Waals surface area contributed by atoms with E-state index >= 15 is 0 Å². The SMILES string of the molecule is O=C(CCCCCl)NCCc1ncon1. The molecule has 1 N–H and O–H groups in total. The van der Waals surface area contributed by atoms with Gasteiger partial charge in [0.15, 0.2) is 5.82 Å². The van der Waals surface area contributed by atoms with Crippen molar-refractivity contribution >= 4 is 17.5 Å². The molecule has 1 heterocycles. The molecule has 1 amide bonds. The molecule has 0 unspecified atom stereocenters. The van der Waals surface area contributed by atoms with E-state index in [1.54, 1.807) is 0 Å². The first kappa shape index (κ1) is 12.0. The molecule has 0 aliphatic heterocycles. The quantitative estimate of drug-likeness (QED) is 0.564. The lowest BCUT2D eigenvalue weighted by atomic mass is 10.2. The van der Waals surface area contributed by atoms with Crippen LogP contribution in [0.5, 0.6) is 0 Å². The summed E-state index contributed by atoms with van der Waals surface area (Å²) in [5.74, 6) is 1.26. The highest BCUT2D eigenvalue weighted by atomic mass is 35.5. The van der Waals surface area contributed by atoms with Gasteiger partial charge in [0, 0.05) is 25.3 Å². The van der Waals surface area contributed by atoms with Crippen LogP contribution in [0, 0.1) is 0 Å². The lowest BCUT2D eigenvalue weighted by Gasteiger charge is -2.02. The third-order valence-electron chi connectivity index (χ3n) is 1.87. The van der Waals surface area contributed by atoms with Crippen LogP contribution in [0.25, 0.3) is 0 Å². The third kappa shape index (κ3) is 5.37. The van der Waals surface area contributed by atoms with Crippen molar-refractivity contribution < 1.29 is 9.32 Å². The van der Waals surface area contributed by atoms with Gasteiger partial charge in [0.25, 0.3) is 0 Å². The Labute approximate surface area is 93.2 Å². The first-order valence-electron chi connectivity index (χ1n) is 4.91. The Hall–Kier alpha value is -1.10. The number of hydrogen-bond donors (Lipinski definition) is 1. The first-order valence-corrected chi connectivity index (χ1v) is 5.44. The average Bonchev–Trinajstić information content (AvgIpc) is 2.71. The number of rotatable bonds is 7. The number of amides is 1. The Kier molecular flexibility index (Phi) is 5.77. The maximum Gasteiger partial charge on any atom is 0.220 e. The first-order chi connectivity index (χ1) is 7.33. The van der Waals surface area contributed by atoms with Gasteiger partial charge in [-0.05, 0) is 12.8 Å². The van der Waals surface area contributed by atoms with Crippen LogP contribution in [0.3, 0.4) is 0 Å². The van der Waals surface area contributed by atoms with Gasteiger partial charge in [-0.25, -0.2) is 0 Å². The van der Waals surface area contributed by atoms with E-state index in [0.29, 0.717) is 31.1 Å². The zero-order valence-corrected chi connectivity index (χ0v) is 9.16. The van der Waals surface area contributed by atoms with Crippen molar-refractivity contribution in [2.75, 3.05) is 12.4 Å². The summed E-state index contributed by atoms with van der Waals surface area (Å²) < 4.78 is 4.56. The number of carbonyl (C=O) groups is 1. The number of nitrogens with zero attached hydrogens (tertiary/aromatic N) is 2. The molecule has 0 aromatic carbocycles. The monoisotopic (exact) mass is 231 g/mol. The van der Waals surface area contributed by atoms with Gasteiger partial charge in [-0.3, -0.25) is 4.79 Å². The second-order valence-electron chi connectivity index (χ2n) is 3.09. The summed E-state index contributed by atoms with van der Waals surface area (Å²) in [4.78, 5) is 15.1. The molecule has 0 saturated carbocycles. The van der Waals surface area contributed by atoms with E-state index in [2.05, 4.69) is 20.0 Å². The molecule has 1 aromatic heterocycles. The van der Waals surface area contributed by atoms with Crippen molar-refractivity contribution in [3.63, 3.8) is 0 Å². The van der Waals surface area contributed by atoms with Gasteiger partial charge in [-0.1, -0.05) is 5.16 Å². The topological polar surface area (TPSA) is 68.0 Å². The number of aromatic nitrogens is 2. The van der Waals surface area contributed by atoms with E-state index in [9.17, 15) is 4.79 Å². The fourth-order valence-corrected chi connectivity index (χ4v) is 1.27. The Bertz CT molecular complexity index is 277. The molecular weight excluding hydrogens is 218 g/mol. The van der Waals surface area contributed by atoms with Gasteiger partial charge >= 0.3 is 0 Å². The molecular formula is C9H14ClN3O2. The molecule has 0 aliphatic carbocycles. The summed E-state index contributed by atoms with van der Waals surface area (Å²) >= 11 is 5.50. The molecule has 1 aromatic rings. The van der Waals surface area contributed by atoms with Crippen LogP contribution in [0.4, 0.5) is 0 Å². The summed E-state index contributed by atoms with van der Waals surface area (Å²) in [5.41, 5.74) is 0. The number of alkyl halides is 1. The van der Waals surface area contributed by atoms with Crippen molar-refractivity contribution in [3.05, 3.63) is 12.2 Å². The predicted octanol–water partition coefficient (Wildman–Crippen LogP) is 1.14. The maximum atomic E-state index is 11.2. The number of carbonyl (C=O) groups excluding carboxylic acids is 1. The Morgan fingerprint density at radius 3 is 3.07 bits per heavy atom. The zero-order valence-electron chi connectivity index (χ0n) is 8.41. The summed E-state index contributed by atoms with van der Waals surface area (Å²) in [6.07, 6.45) is 4.10. The van der Waals surface area contributed by atoms with Crippen LogP contribution >= 0.6 is 11.6 Å². The van der Waals surface area contributed by atoms with Crippen LogP contribution in [0.1, 0.15) is 25.1 Å². The van der Waals surface area contributed by atoms with E-state index in [1.165, 1.54) is 6.39 Å². The summed E-state index contributed by atoms with van der Waals surface area (Å²) in [5, 5.41) is 6.41. The molecule has 6 heteroatoms. The minimum Gasteiger partial charge on any atom is -0.356 e. The highest BCUT2D eigenvalue weighted by molar-refractivity contribution is 6.17. The number of nitrogens with one attached hydrogen (secondary N) is 1. The highest BCUT2D eigenvalue weighted by Crippen LogP contribution is 1.97. The van der Waals surface area contributed by atoms with E-state index in [0.717, 1.165) is 12.8 Å². The Balaban J connectivity index is 2.02. The number of halogens is 1. The van der Waals surface area contributed by atoms with Gasteiger partial charge in [0.2, 0.25) is 12.3 Å². The van der Waals surface area contributed by atoms with Gasteiger partial charge in [-0.15, -0.1) is 11.6 Å². The zero-order chi connectivity index (χ0) is 10.9. The molecule has 0 radical (unpaired) electrons. The number of hydrogen-bond acceptors (Lipinski definition) is 4. The van der Waals surface area contributed by atoms with Crippen molar-refractivity contribution in [1.29, 1.82) is 0 Å². The standard InChI is InChI=1S/C9H14ClN3O2/c10-5-2-1-3-9(14)11-6-4-8-12-7-15-13-8/h7H,1-6H2,(H,11,14). The molecule has 0 spiro atoms. The van der Waals surface area contributed by atoms with E-state index in [4.69, 9.17) is 11.6 Å². The molecule has 1 rings (SSSR count). The summed E-state index contributed by atoms with van der Waals surface area (Å²) in [6.45, 7) is 0.541. The fraction of sp³-hybridized carbons (Fsp3) is 0.667. The molecule has 0 saturated heterocycles. The van der Waals surface area contributed by atoms with Gasteiger partial charge < -0.3 is 9.84 Å². The second kappa shape index (κ2) is 7.23. The summed E-state index contributed by atoms with van der Waals surface area (Å²) in [6, 6.07) is 0. The third-order valence-corrected chi connectivity index (χ3v) is 2.13. The van der Waals surface area contributed by atoms with Crippen LogP contribution in [-0.4, -0.2) is 28.5 Å². The average molecular weight is 232 g/mol. The van der Waals surface area contributed by atoms with Crippen molar-refractivity contribution in [3.8, 4) is 0 Å². The number of unbranched alkanes of at least 4 members (excludes halogenated alkanes) is 1. The van der Waals surface area contributed by atoms with Gasteiger partial charge in [0.05, 0.1) is 0 Å². The molecule has 15 heavy (non-hydrogen) atoms. The van der Waals surface area contributed by atoms with Crippen LogP contribution in [0.2, 0.25) is 0 Å². The molecule has 0 fully saturated rings. The molecule has 0 aliphatic rings. The molecule has 5 nitrogen and oxygen atoms in total. The highest BCUT2D eigenvalue weighted by Gasteiger charge is 2.02. The van der Waals surface area contributed by atoms with Crippen LogP contribution < -0.4 is 5.32 Å². The minimum absolute atomic E-state index is 0.0450. The van der Waals surface area contributed by atoms with E-state index in [1.807, 2.05) is 0 Å². The van der Waals surface area contributed by atoms with Crippen LogP contribution in [-0.2, 0) is 11.2 Å². The fourth-order valence-electron chi connectivity index (χ4n) is 1.08. The van der Waals surface area contributed by atoms with Gasteiger partial charge in [0.1, 0.15) is 0 Å². The Morgan fingerprint density at radius 2 is 2.40 bits per heavy atom. The van der Waals surface area contributed by atoms with Crippen LogP contribution in [0.15, 0.2) is 10.9 Å². The van der Waals surface area contributed by atoms with Crippen molar-refractivity contribution in [2.24, 2.45) is 0 Å². The van der Waals surface area contributed by atoms with Crippen molar-refractivity contribution in [1.82, 2.24) is 15.5 Å². The maximum absolute atomic E-state index is 11.2. The molecule has 84 valence electrons. The van der Waals surface area contributed by atoms with Crippen molar-refractivity contribution in [2.45, 2.75) is 25.7 Å². The van der Waals surface area contributed by atoms with E-state index < -0.39 is 0 Å². The predicted molar refractivity (Wildman–Crippen MR) is 55.6 cm³/mol. The largest absolute Gasteiger partial charge is 0.356 e. The minimum atomic E-state index is 0.0450. The van der Waals surface area contributed by atoms with E-state index in [-0.39, 0.29) is 5.91 Å². The van der Waals surface area contributed by atoms with Gasteiger partial charge in [-0.2, -0.15) is 4.98 Å². The normalized spacial score (nSPS) is 10.2. The lowest BCUT2D eigenvalue weighted by molar-refractivity contribution is -0.121. The Morgan fingerprint density at radius 1 is 1.53 bits per heavy atom. The molecule has 0 bridgehead atoms. The smallest absolute Gasteiger partial charge is 0.220 e. The molecule has 0 atom stereocenters.